The third kappa shape index (κ3) is 4.00. The highest BCUT2D eigenvalue weighted by molar-refractivity contribution is 7.17. The van der Waals surface area contributed by atoms with Gasteiger partial charge in [0.1, 0.15) is 23.8 Å². The number of rotatable bonds is 6. The molecule has 3 aromatic carbocycles. The maximum atomic E-state index is 6.48. The summed E-state index contributed by atoms with van der Waals surface area (Å²) in [5.74, 6) is 2.07. The van der Waals surface area contributed by atoms with Crippen molar-refractivity contribution in [2.45, 2.75) is 32.3 Å². The zero-order valence-corrected chi connectivity index (χ0v) is 20.8. The molecule has 0 N–H and O–H groups in total. The molecule has 0 radical (unpaired) electrons. The summed E-state index contributed by atoms with van der Waals surface area (Å²) in [4.78, 5) is 0. The van der Waals surface area contributed by atoms with Crippen LogP contribution in [0.2, 0.25) is 10.0 Å². The minimum Gasteiger partial charge on any atom is -0.489 e. The first kappa shape index (κ1) is 21.7. The Morgan fingerprint density at radius 1 is 1.03 bits per heavy atom. The molecule has 0 spiro atoms. The number of halogens is 2. The summed E-state index contributed by atoms with van der Waals surface area (Å²) in [5.41, 5.74) is 5.85. The molecule has 0 bridgehead atoms. The van der Waals surface area contributed by atoms with Crippen LogP contribution in [0.15, 0.2) is 70.6 Å². The van der Waals surface area contributed by atoms with Crippen LogP contribution in [-0.2, 0) is 6.61 Å². The van der Waals surface area contributed by atoms with Crippen molar-refractivity contribution < 1.29 is 9.26 Å². The summed E-state index contributed by atoms with van der Waals surface area (Å²) in [6.45, 7) is 2.46. The Hall–Kier alpha value is -2.79. The lowest BCUT2D eigenvalue weighted by atomic mass is 10.00. The fraction of sp³-hybridized carbons (Fsp3) is 0.179. The monoisotopic (exact) mass is 505 g/mol. The third-order valence-corrected chi connectivity index (χ3v) is 7.82. The standard InChI is InChI=1S/C28H21Cl2NO2S/c1-16-13-20(9-10-21(16)19-8-5-17-11-12-34-25(17)14-19)32-15-22-27(31-33-28(22)18-6-7-18)26-23(29)3-2-4-24(26)30/h2-5,8-14,18H,6-7,15H2,1H3. The number of nitrogens with zero attached hydrogens (tertiary/aromatic N) is 1. The highest BCUT2D eigenvalue weighted by Gasteiger charge is 2.33. The number of fused-ring (bicyclic) bond motifs is 1. The van der Waals surface area contributed by atoms with Gasteiger partial charge in [0, 0.05) is 16.2 Å². The molecule has 0 aliphatic heterocycles. The number of aromatic nitrogens is 1. The van der Waals surface area contributed by atoms with E-state index >= 15 is 0 Å². The van der Waals surface area contributed by atoms with Crippen molar-refractivity contribution in [1.29, 1.82) is 0 Å². The largest absolute Gasteiger partial charge is 0.489 e. The Balaban J connectivity index is 1.29. The van der Waals surface area contributed by atoms with E-state index in [4.69, 9.17) is 32.5 Å². The van der Waals surface area contributed by atoms with Crippen molar-refractivity contribution >= 4 is 44.6 Å². The van der Waals surface area contributed by atoms with Crippen LogP contribution in [0.5, 0.6) is 5.75 Å². The average molecular weight is 506 g/mol. The average Bonchev–Trinajstić information content (AvgIpc) is 3.41. The quantitative estimate of drug-likeness (QED) is 0.230. The number of hydrogen-bond acceptors (Lipinski definition) is 4. The fourth-order valence-corrected chi connectivity index (χ4v) is 5.78. The molecule has 170 valence electrons. The first-order valence-electron chi connectivity index (χ1n) is 11.2. The van der Waals surface area contributed by atoms with E-state index in [1.165, 1.54) is 21.2 Å². The van der Waals surface area contributed by atoms with Crippen LogP contribution in [0.25, 0.3) is 32.5 Å². The molecule has 0 atom stereocenters. The predicted molar refractivity (Wildman–Crippen MR) is 140 cm³/mol. The van der Waals surface area contributed by atoms with Gasteiger partial charge in [-0.15, -0.1) is 11.3 Å². The first-order chi connectivity index (χ1) is 16.6. The highest BCUT2D eigenvalue weighted by atomic mass is 35.5. The molecule has 34 heavy (non-hydrogen) atoms. The molecule has 1 saturated carbocycles. The topological polar surface area (TPSA) is 35.3 Å². The van der Waals surface area contributed by atoms with Crippen LogP contribution in [0.4, 0.5) is 0 Å². The van der Waals surface area contributed by atoms with E-state index in [0.717, 1.165) is 35.5 Å². The Morgan fingerprint density at radius 3 is 2.62 bits per heavy atom. The van der Waals surface area contributed by atoms with Gasteiger partial charge in [-0.05, 0) is 83.6 Å². The first-order valence-corrected chi connectivity index (χ1v) is 12.9. The summed E-state index contributed by atoms with van der Waals surface area (Å²) in [5, 5.41) is 8.85. The van der Waals surface area contributed by atoms with E-state index in [2.05, 4.69) is 53.9 Å². The number of hydrogen-bond donors (Lipinski definition) is 0. The maximum Gasteiger partial charge on any atom is 0.147 e. The van der Waals surface area contributed by atoms with Crippen molar-refractivity contribution in [3.8, 4) is 28.1 Å². The van der Waals surface area contributed by atoms with E-state index in [9.17, 15) is 0 Å². The maximum absolute atomic E-state index is 6.48. The van der Waals surface area contributed by atoms with Crippen molar-refractivity contribution in [2.24, 2.45) is 0 Å². The molecule has 2 heterocycles. The fourth-order valence-electron chi connectivity index (χ4n) is 4.38. The van der Waals surface area contributed by atoms with Gasteiger partial charge in [0.15, 0.2) is 0 Å². The molecule has 0 amide bonds. The van der Waals surface area contributed by atoms with E-state index in [-0.39, 0.29) is 0 Å². The van der Waals surface area contributed by atoms with E-state index < -0.39 is 0 Å². The summed E-state index contributed by atoms with van der Waals surface area (Å²) < 4.78 is 13.3. The van der Waals surface area contributed by atoms with Crippen LogP contribution in [0.3, 0.4) is 0 Å². The van der Waals surface area contributed by atoms with E-state index in [1.807, 2.05) is 24.3 Å². The molecule has 3 nitrogen and oxygen atoms in total. The number of thiophene rings is 1. The van der Waals surface area contributed by atoms with Gasteiger partial charge in [-0.1, -0.05) is 52.6 Å². The SMILES string of the molecule is Cc1cc(OCc2c(-c3c(Cl)cccc3Cl)noc2C2CC2)ccc1-c1ccc2ccsc2c1. The zero-order valence-electron chi connectivity index (χ0n) is 18.5. The molecule has 0 saturated heterocycles. The Kier molecular flexibility index (Phi) is 5.60. The van der Waals surface area contributed by atoms with Crippen LogP contribution >= 0.6 is 34.5 Å². The van der Waals surface area contributed by atoms with Gasteiger partial charge in [0.2, 0.25) is 0 Å². The molecular weight excluding hydrogens is 485 g/mol. The second-order valence-electron chi connectivity index (χ2n) is 8.68. The molecule has 2 aromatic heterocycles. The van der Waals surface area contributed by atoms with Crippen LogP contribution < -0.4 is 4.74 Å². The number of ether oxygens (including phenoxy) is 1. The summed E-state index contributed by atoms with van der Waals surface area (Å²) in [6.07, 6.45) is 2.19. The van der Waals surface area contributed by atoms with Crippen molar-refractivity contribution in [3.63, 3.8) is 0 Å². The molecule has 1 fully saturated rings. The van der Waals surface area contributed by atoms with Crippen molar-refractivity contribution in [2.75, 3.05) is 0 Å². The molecule has 1 aliphatic carbocycles. The van der Waals surface area contributed by atoms with Gasteiger partial charge in [0.25, 0.3) is 0 Å². The van der Waals surface area contributed by atoms with Crippen molar-refractivity contribution in [1.82, 2.24) is 5.16 Å². The number of aryl methyl sites for hydroxylation is 1. The second-order valence-corrected chi connectivity index (χ2v) is 10.4. The van der Waals surface area contributed by atoms with Gasteiger partial charge in [-0.25, -0.2) is 0 Å². The lowest BCUT2D eigenvalue weighted by Gasteiger charge is -2.12. The molecule has 0 unspecified atom stereocenters. The smallest absolute Gasteiger partial charge is 0.147 e. The zero-order chi connectivity index (χ0) is 23.2. The number of benzene rings is 3. The lowest BCUT2D eigenvalue weighted by Crippen LogP contribution is -2.00. The normalized spacial score (nSPS) is 13.5. The molecular formula is C28H21Cl2NO2S. The Labute approximate surface area is 211 Å². The van der Waals surface area contributed by atoms with Crippen molar-refractivity contribution in [3.05, 3.63) is 93.0 Å². The second kappa shape index (κ2) is 8.77. The van der Waals surface area contributed by atoms with Crippen LogP contribution in [0.1, 0.15) is 35.6 Å². The van der Waals surface area contributed by atoms with E-state index in [0.29, 0.717) is 33.8 Å². The van der Waals surface area contributed by atoms with E-state index in [1.54, 1.807) is 11.3 Å². The molecule has 5 aromatic rings. The Morgan fingerprint density at radius 2 is 1.85 bits per heavy atom. The van der Waals surface area contributed by atoms with Gasteiger partial charge >= 0.3 is 0 Å². The highest BCUT2D eigenvalue weighted by Crippen LogP contribution is 2.46. The van der Waals surface area contributed by atoms with Gasteiger partial charge in [-0.3, -0.25) is 0 Å². The summed E-state index contributed by atoms with van der Waals surface area (Å²) >= 11 is 14.7. The summed E-state index contributed by atoms with van der Waals surface area (Å²) in [7, 11) is 0. The van der Waals surface area contributed by atoms with Gasteiger partial charge in [0.05, 0.1) is 15.6 Å². The minimum absolute atomic E-state index is 0.339. The third-order valence-electron chi connectivity index (χ3n) is 6.31. The molecule has 6 rings (SSSR count). The predicted octanol–water partition coefficient (Wildman–Crippen LogP) is 9.29. The molecule has 1 aliphatic rings. The van der Waals surface area contributed by atoms with Crippen LogP contribution in [0, 0.1) is 6.92 Å². The van der Waals surface area contributed by atoms with Crippen LogP contribution in [-0.4, -0.2) is 5.16 Å². The minimum atomic E-state index is 0.339. The van der Waals surface area contributed by atoms with Gasteiger partial charge < -0.3 is 9.26 Å². The summed E-state index contributed by atoms with van der Waals surface area (Å²) in [6, 6.07) is 20.4. The Bertz CT molecular complexity index is 1500. The van der Waals surface area contributed by atoms with Gasteiger partial charge in [-0.2, -0.15) is 0 Å². The molecule has 6 heteroatoms. The lowest BCUT2D eigenvalue weighted by molar-refractivity contribution is 0.300.